The first-order chi connectivity index (χ1) is 7.08. The Balaban J connectivity index is 0.00000128. The van der Waals surface area contributed by atoms with Crippen molar-refractivity contribution in [3.05, 3.63) is 26.6 Å². The van der Waals surface area contributed by atoms with E-state index >= 15 is 0 Å². The molecule has 16 heavy (non-hydrogen) atoms. The van der Waals surface area contributed by atoms with E-state index < -0.39 is 0 Å². The van der Waals surface area contributed by atoms with Crippen LogP contribution in [0.25, 0.3) is 0 Å². The molecule has 1 atom stereocenters. The van der Waals surface area contributed by atoms with Gasteiger partial charge in [-0.1, -0.05) is 28.8 Å². The van der Waals surface area contributed by atoms with Crippen molar-refractivity contribution in [3.8, 4) is 5.75 Å². The molecule has 1 aromatic carbocycles. The minimum Gasteiger partial charge on any atom is -0.506 e. The highest BCUT2D eigenvalue weighted by Crippen LogP contribution is 2.41. The van der Waals surface area contributed by atoms with Crippen molar-refractivity contribution in [2.75, 3.05) is 0 Å². The summed E-state index contributed by atoms with van der Waals surface area (Å²) in [5.41, 5.74) is 6.90. The molecule has 1 aromatic rings. The third kappa shape index (κ3) is 3.36. The maximum Gasteiger partial charge on any atom is 0.134 e. The molecule has 0 bridgehead atoms. The molecular formula is C11H14Br2ClNO. The van der Waals surface area contributed by atoms with Gasteiger partial charge in [-0.05, 0) is 40.4 Å². The monoisotopic (exact) mass is 369 g/mol. The highest BCUT2D eigenvalue weighted by atomic mass is 79.9. The van der Waals surface area contributed by atoms with Gasteiger partial charge in [-0.15, -0.1) is 12.4 Å². The molecule has 0 unspecified atom stereocenters. The van der Waals surface area contributed by atoms with Crippen LogP contribution in [0.3, 0.4) is 0 Å². The molecule has 0 amide bonds. The fourth-order valence-corrected chi connectivity index (χ4v) is 2.97. The van der Waals surface area contributed by atoms with Crippen molar-refractivity contribution in [3.63, 3.8) is 0 Å². The molecule has 3 N–H and O–H groups in total. The third-order valence-electron chi connectivity index (χ3n) is 2.74. The Bertz CT molecular complexity index is 382. The molecule has 1 aliphatic carbocycles. The van der Waals surface area contributed by atoms with Gasteiger partial charge in [-0.3, -0.25) is 0 Å². The van der Waals surface area contributed by atoms with Crippen LogP contribution in [0.1, 0.15) is 30.9 Å². The summed E-state index contributed by atoms with van der Waals surface area (Å²) >= 11 is 6.71. The Morgan fingerprint density at radius 3 is 2.56 bits per heavy atom. The van der Waals surface area contributed by atoms with E-state index in [2.05, 4.69) is 31.9 Å². The first-order valence-corrected chi connectivity index (χ1v) is 6.60. The molecular weight excluding hydrogens is 357 g/mol. The van der Waals surface area contributed by atoms with E-state index in [1.54, 1.807) is 0 Å². The maximum atomic E-state index is 9.88. The molecule has 0 aliphatic heterocycles. The molecule has 0 heterocycles. The number of halogens is 3. The predicted octanol–water partition coefficient (Wildman–Crippen LogP) is 4.14. The number of aromatic hydroxyl groups is 1. The van der Waals surface area contributed by atoms with Gasteiger partial charge in [-0.2, -0.15) is 0 Å². The van der Waals surface area contributed by atoms with Crippen LogP contribution in [0, 0.1) is 5.92 Å². The van der Waals surface area contributed by atoms with Crippen molar-refractivity contribution in [1.29, 1.82) is 0 Å². The van der Waals surface area contributed by atoms with Gasteiger partial charge >= 0.3 is 0 Å². The van der Waals surface area contributed by atoms with Gasteiger partial charge in [0.25, 0.3) is 0 Å². The summed E-state index contributed by atoms with van der Waals surface area (Å²) in [5.74, 6) is 1.03. The van der Waals surface area contributed by atoms with Crippen molar-refractivity contribution >= 4 is 44.3 Å². The SMILES string of the molecule is Cl.N[C@H](CC1CC1)c1cc(Br)cc(Br)c1O. The second-order valence-electron chi connectivity index (χ2n) is 4.11. The van der Waals surface area contributed by atoms with Gasteiger partial charge in [0.2, 0.25) is 0 Å². The fourth-order valence-electron chi connectivity index (χ4n) is 1.71. The number of nitrogens with two attached hydrogens (primary N) is 1. The van der Waals surface area contributed by atoms with Crippen molar-refractivity contribution in [2.24, 2.45) is 11.7 Å². The van der Waals surface area contributed by atoms with Crippen LogP contribution in [-0.4, -0.2) is 5.11 Å². The molecule has 1 saturated carbocycles. The quantitative estimate of drug-likeness (QED) is 0.839. The van der Waals surface area contributed by atoms with E-state index in [1.807, 2.05) is 12.1 Å². The van der Waals surface area contributed by atoms with E-state index in [4.69, 9.17) is 5.73 Å². The highest BCUT2D eigenvalue weighted by Gasteiger charge is 2.26. The minimum atomic E-state index is -0.0636. The van der Waals surface area contributed by atoms with E-state index in [0.717, 1.165) is 22.4 Å². The summed E-state index contributed by atoms with van der Waals surface area (Å²) in [7, 11) is 0. The van der Waals surface area contributed by atoms with E-state index in [0.29, 0.717) is 4.47 Å². The summed E-state index contributed by atoms with van der Waals surface area (Å²) in [4.78, 5) is 0. The van der Waals surface area contributed by atoms with Gasteiger partial charge in [0, 0.05) is 16.1 Å². The lowest BCUT2D eigenvalue weighted by Crippen LogP contribution is -2.11. The largest absolute Gasteiger partial charge is 0.506 e. The number of hydrogen-bond donors (Lipinski definition) is 2. The molecule has 0 saturated heterocycles. The standard InChI is InChI=1S/C11H13Br2NO.ClH/c12-7-4-8(11(15)9(13)5-7)10(14)3-6-1-2-6;/h4-6,10,15H,1-3,14H2;1H/t10-;/m1./s1. The minimum absolute atomic E-state index is 0. The molecule has 2 nitrogen and oxygen atoms in total. The molecule has 5 heteroatoms. The van der Waals surface area contributed by atoms with Crippen LogP contribution in [-0.2, 0) is 0 Å². The summed E-state index contributed by atoms with van der Waals surface area (Å²) < 4.78 is 1.63. The van der Waals surface area contributed by atoms with Crippen LogP contribution >= 0.6 is 44.3 Å². The molecule has 90 valence electrons. The number of phenols is 1. The number of phenolic OH excluding ortho intramolecular Hbond substituents is 1. The summed E-state index contributed by atoms with van der Waals surface area (Å²) in [5, 5.41) is 9.88. The van der Waals surface area contributed by atoms with Crippen LogP contribution in [0.15, 0.2) is 21.1 Å². The van der Waals surface area contributed by atoms with E-state index in [9.17, 15) is 5.11 Å². The molecule has 1 aliphatic rings. The average molecular weight is 372 g/mol. The first kappa shape index (κ1) is 14.3. The van der Waals surface area contributed by atoms with E-state index in [1.165, 1.54) is 12.8 Å². The fraction of sp³-hybridized carbons (Fsp3) is 0.455. The van der Waals surface area contributed by atoms with Crippen LogP contribution < -0.4 is 5.73 Å². The zero-order valence-corrected chi connectivity index (χ0v) is 12.6. The zero-order valence-electron chi connectivity index (χ0n) is 8.62. The Hall–Kier alpha value is 0.230. The molecule has 1 fully saturated rings. The number of hydrogen-bond acceptors (Lipinski definition) is 2. The maximum absolute atomic E-state index is 9.88. The molecule has 0 spiro atoms. The second-order valence-corrected chi connectivity index (χ2v) is 5.88. The summed E-state index contributed by atoms with van der Waals surface area (Å²) in [6.07, 6.45) is 3.53. The predicted molar refractivity (Wildman–Crippen MR) is 75.0 cm³/mol. The second kappa shape index (κ2) is 5.71. The van der Waals surface area contributed by atoms with Gasteiger partial charge in [0.05, 0.1) is 4.47 Å². The summed E-state index contributed by atoms with van der Waals surface area (Å²) in [6, 6.07) is 3.65. The lowest BCUT2D eigenvalue weighted by atomic mass is 10.0. The average Bonchev–Trinajstić information content (AvgIpc) is 2.94. The van der Waals surface area contributed by atoms with Crippen LogP contribution in [0.2, 0.25) is 0 Å². The highest BCUT2D eigenvalue weighted by molar-refractivity contribution is 9.11. The summed E-state index contributed by atoms with van der Waals surface area (Å²) in [6.45, 7) is 0. The van der Waals surface area contributed by atoms with Crippen molar-refractivity contribution in [2.45, 2.75) is 25.3 Å². The van der Waals surface area contributed by atoms with Gasteiger partial charge < -0.3 is 10.8 Å². The number of benzene rings is 1. The first-order valence-electron chi connectivity index (χ1n) is 5.01. The molecule has 0 radical (unpaired) electrons. The zero-order chi connectivity index (χ0) is 11.0. The Morgan fingerprint density at radius 1 is 1.38 bits per heavy atom. The van der Waals surface area contributed by atoms with E-state index in [-0.39, 0.29) is 24.2 Å². The van der Waals surface area contributed by atoms with Gasteiger partial charge in [-0.25, -0.2) is 0 Å². The van der Waals surface area contributed by atoms with Gasteiger partial charge in [0.15, 0.2) is 0 Å². The Kier molecular flexibility index (Phi) is 5.10. The van der Waals surface area contributed by atoms with Gasteiger partial charge in [0.1, 0.15) is 5.75 Å². The van der Waals surface area contributed by atoms with Crippen LogP contribution in [0.4, 0.5) is 0 Å². The van der Waals surface area contributed by atoms with Crippen molar-refractivity contribution < 1.29 is 5.11 Å². The molecule has 0 aromatic heterocycles. The smallest absolute Gasteiger partial charge is 0.134 e. The molecule has 2 rings (SSSR count). The topological polar surface area (TPSA) is 46.2 Å². The lowest BCUT2D eigenvalue weighted by molar-refractivity contribution is 0.452. The Morgan fingerprint density at radius 2 is 2.00 bits per heavy atom. The number of rotatable bonds is 3. The van der Waals surface area contributed by atoms with Crippen molar-refractivity contribution in [1.82, 2.24) is 0 Å². The van der Waals surface area contributed by atoms with Crippen LogP contribution in [0.5, 0.6) is 5.75 Å². The normalized spacial score (nSPS) is 16.7. The lowest BCUT2D eigenvalue weighted by Gasteiger charge is -2.14. The third-order valence-corrected chi connectivity index (χ3v) is 3.80. The Labute approximate surface area is 118 Å².